The number of sulfonamides is 1. The number of benzene rings is 1. The van der Waals surface area contributed by atoms with Gasteiger partial charge in [-0.1, -0.05) is 12.5 Å². The van der Waals surface area contributed by atoms with E-state index in [4.69, 9.17) is 5.11 Å². The molecule has 0 radical (unpaired) electrons. The monoisotopic (exact) mass is 382 g/mol. The van der Waals surface area contributed by atoms with Gasteiger partial charge in [-0.05, 0) is 44.4 Å². The van der Waals surface area contributed by atoms with Gasteiger partial charge in [0.05, 0.1) is 11.3 Å². The molecule has 0 atom stereocenters. The van der Waals surface area contributed by atoms with E-state index in [0.717, 1.165) is 19.3 Å². The van der Waals surface area contributed by atoms with Gasteiger partial charge in [-0.2, -0.15) is 4.31 Å². The van der Waals surface area contributed by atoms with Crippen molar-refractivity contribution in [2.75, 3.05) is 26.2 Å². The fraction of sp³-hybridized carbons (Fsp3) is 0.556. The van der Waals surface area contributed by atoms with Crippen LogP contribution in [0.25, 0.3) is 0 Å². The Bertz CT molecular complexity index is 770. The molecular weight excluding hydrogens is 356 g/mol. The zero-order chi connectivity index (χ0) is 19.3. The second-order valence-electron chi connectivity index (χ2n) is 6.47. The Morgan fingerprint density at radius 1 is 1.19 bits per heavy atom. The first-order valence-corrected chi connectivity index (χ1v) is 10.3. The highest BCUT2D eigenvalue weighted by atomic mass is 32.2. The van der Waals surface area contributed by atoms with Gasteiger partial charge in [0.1, 0.15) is 0 Å². The maximum atomic E-state index is 13.0. The maximum Gasteiger partial charge on any atom is 0.305 e. The van der Waals surface area contributed by atoms with Gasteiger partial charge in [0.15, 0.2) is 0 Å². The van der Waals surface area contributed by atoms with Crippen molar-refractivity contribution in [2.24, 2.45) is 0 Å². The molecule has 1 N–H and O–H groups in total. The predicted octanol–water partition coefficient (Wildman–Crippen LogP) is 2.11. The lowest BCUT2D eigenvalue weighted by Crippen LogP contribution is -2.36. The number of carbonyl (C=O) groups is 2. The summed E-state index contributed by atoms with van der Waals surface area (Å²) in [5.41, 5.74) is 0.860. The summed E-state index contributed by atoms with van der Waals surface area (Å²) in [4.78, 5) is 25.0. The van der Waals surface area contributed by atoms with Crippen LogP contribution >= 0.6 is 0 Å². The van der Waals surface area contributed by atoms with E-state index in [0.29, 0.717) is 25.2 Å². The molecule has 0 aromatic heterocycles. The molecular formula is C18H26N2O5S. The van der Waals surface area contributed by atoms with Crippen LogP contribution in [-0.2, 0) is 14.8 Å². The van der Waals surface area contributed by atoms with E-state index in [1.165, 1.54) is 15.3 Å². The largest absolute Gasteiger partial charge is 0.481 e. The Kier molecular flexibility index (Phi) is 6.77. The first-order chi connectivity index (χ1) is 12.3. The first-order valence-electron chi connectivity index (χ1n) is 8.89. The van der Waals surface area contributed by atoms with Crippen molar-refractivity contribution in [3.63, 3.8) is 0 Å². The van der Waals surface area contributed by atoms with Gasteiger partial charge in [-0.25, -0.2) is 8.42 Å². The Hall–Kier alpha value is -1.93. The van der Waals surface area contributed by atoms with Crippen molar-refractivity contribution in [1.29, 1.82) is 0 Å². The molecule has 1 saturated heterocycles. The molecule has 0 bridgehead atoms. The second kappa shape index (κ2) is 8.64. The molecule has 8 heteroatoms. The normalized spacial score (nSPS) is 15.6. The van der Waals surface area contributed by atoms with Crippen molar-refractivity contribution in [2.45, 2.75) is 44.4 Å². The van der Waals surface area contributed by atoms with Gasteiger partial charge in [0.25, 0.3) is 5.91 Å². The quantitative estimate of drug-likeness (QED) is 0.779. The number of hydrogen-bond donors (Lipinski definition) is 1. The minimum absolute atomic E-state index is 0.0900. The lowest BCUT2D eigenvalue weighted by molar-refractivity contribution is -0.137. The first kappa shape index (κ1) is 20.4. The van der Waals surface area contributed by atoms with Crippen LogP contribution in [0.3, 0.4) is 0 Å². The van der Waals surface area contributed by atoms with Crippen LogP contribution < -0.4 is 0 Å². The minimum Gasteiger partial charge on any atom is -0.481 e. The number of carbonyl (C=O) groups excluding carboxylic acids is 1. The van der Waals surface area contributed by atoms with Crippen molar-refractivity contribution in [1.82, 2.24) is 9.21 Å². The highest BCUT2D eigenvalue weighted by Gasteiger charge is 2.28. The van der Waals surface area contributed by atoms with E-state index in [1.54, 1.807) is 26.0 Å². The SMILES string of the molecule is CCN(CCC(=O)O)C(=O)c1ccc(C)c(S(=O)(=O)N2CCCCC2)c1. The van der Waals surface area contributed by atoms with Crippen LogP contribution in [0.5, 0.6) is 0 Å². The number of nitrogens with zero attached hydrogens (tertiary/aromatic N) is 2. The summed E-state index contributed by atoms with van der Waals surface area (Å²) in [7, 11) is -3.64. The van der Waals surface area contributed by atoms with E-state index in [9.17, 15) is 18.0 Å². The van der Waals surface area contributed by atoms with Crippen LogP contribution in [0.1, 0.15) is 48.5 Å². The lowest BCUT2D eigenvalue weighted by Gasteiger charge is -2.27. The zero-order valence-electron chi connectivity index (χ0n) is 15.3. The summed E-state index contributed by atoms with van der Waals surface area (Å²) >= 11 is 0. The van der Waals surface area contributed by atoms with E-state index in [-0.39, 0.29) is 29.3 Å². The van der Waals surface area contributed by atoms with Gasteiger partial charge in [0, 0.05) is 31.7 Å². The topological polar surface area (TPSA) is 95.0 Å². The number of aliphatic carboxylic acids is 1. The third-order valence-corrected chi connectivity index (χ3v) is 6.67. The van der Waals surface area contributed by atoms with Crippen molar-refractivity contribution >= 4 is 21.9 Å². The maximum absolute atomic E-state index is 13.0. The number of carboxylic acid groups (broad SMARTS) is 1. The fourth-order valence-corrected chi connectivity index (χ4v) is 4.84. The van der Waals surface area contributed by atoms with E-state index in [2.05, 4.69) is 0 Å². The van der Waals surface area contributed by atoms with Crippen LogP contribution in [0.4, 0.5) is 0 Å². The zero-order valence-corrected chi connectivity index (χ0v) is 16.1. The molecule has 0 spiro atoms. The van der Waals surface area contributed by atoms with E-state index < -0.39 is 16.0 Å². The number of amides is 1. The molecule has 144 valence electrons. The third-order valence-electron chi connectivity index (χ3n) is 4.63. The van der Waals surface area contributed by atoms with Gasteiger partial charge >= 0.3 is 5.97 Å². The van der Waals surface area contributed by atoms with E-state index in [1.807, 2.05) is 0 Å². The van der Waals surface area contributed by atoms with Gasteiger partial charge in [-0.15, -0.1) is 0 Å². The van der Waals surface area contributed by atoms with Gasteiger partial charge in [0.2, 0.25) is 10.0 Å². The molecule has 1 aliphatic rings. The molecule has 0 saturated carbocycles. The molecule has 1 aliphatic heterocycles. The van der Waals surface area contributed by atoms with Crippen LogP contribution in [0.2, 0.25) is 0 Å². The average molecular weight is 382 g/mol. The second-order valence-corrected chi connectivity index (χ2v) is 8.38. The van der Waals surface area contributed by atoms with Crippen molar-refractivity contribution in [3.05, 3.63) is 29.3 Å². The lowest BCUT2D eigenvalue weighted by atomic mass is 10.1. The summed E-state index contributed by atoms with van der Waals surface area (Å²) < 4.78 is 27.4. The molecule has 0 unspecified atom stereocenters. The Morgan fingerprint density at radius 2 is 1.85 bits per heavy atom. The Morgan fingerprint density at radius 3 is 2.42 bits per heavy atom. The number of aryl methyl sites for hydroxylation is 1. The Balaban J connectivity index is 2.30. The number of carboxylic acids is 1. The molecule has 1 fully saturated rings. The third kappa shape index (κ3) is 4.62. The summed E-state index contributed by atoms with van der Waals surface area (Å²) in [5, 5.41) is 8.82. The molecule has 1 amide bonds. The molecule has 26 heavy (non-hydrogen) atoms. The number of hydrogen-bond acceptors (Lipinski definition) is 4. The van der Waals surface area contributed by atoms with Crippen molar-refractivity contribution < 1.29 is 23.1 Å². The predicted molar refractivity (Wildman–Crippen MR) is 97.6 cm³/mol. The number of rotatable bonds is 7. The van der Waals surface area contributed by atoms with Crippen LogP contribution in [-0.4, -0.2) is 60.8 Å². The van der Waals surface area contributed by atoms with E-state index >= 15 is 0 Å². The van der Waals surface area contributed by atoms with Crippen LogP contribution in [0.15, 0.2) is 23.1 Å². The van der Waals surface area contributed by atoms with Gasteiger partial charge < -0.3 is 10.0 Å². The molecule has 0 aliphatic carbocycles. The highest BCUT2D eigenvalue weighted by Crippen LogP contribution is 2.25. The average Bonchev–Trinajstić information content (AvgIpc) is 2.62. The molecule has 1 aromatic rings. The summed E-state index contributed by atoms with van der Waals surface area (Å²) in [6.07, 6.45) is 2.56. The molecule has 2 rings (SSSR count). The summed E-state index contributed by atoms with van der Waals surface area (Å²) in [6, 6.07) is 4.65. The standard InChI is InChI=1S/C18H26N2O5S/c1-3-19(12-9-17(21)22)18(23)15-8-7-14(2)16(13-15)26(24,25)20-10-5-4-6-11-20/h7-8,13H,3-6,9-12H2,1-2H3,(H,21,22). The molecule has 7 nitrogen and oxygen atoms in total. The number of piperidine rings is 1. The molecule has 1 heterocycles. The molecule has 1 aromatic carbocycles. The summed E-state index contributed by atoms with van der Waals surface area (Å²) in [5.74, 6) is -1.34. The fourth-order valence-electron chi connectivity index (χ4n) is 3.07. The highest BCUT2D eigenvalue weighted by molar-refractivity contribution is 7.89. The minimum atomic E-state index is -3.64. The van der Waals surface area contributed by atoms with Gasteiger partial charge in [-0.3, -0.25) is 9.59 Å². The van der Waals surface area contributed by atoms with Crippen LogP contribution in [0, 0.1) is 6.92 Å². The smallest absolute Gasteiger partial charge is 0.305 e. The summed E-state index contributed by atoms with van der Waals surface area (Å²) in [6.45, 7) is 4.92. The Labute approximate surface area is 154 Å². The van der Waals surface area contributed by atoms with Crippen molar-refractivity contribution in [3.8, 4) is 0 Å².